The van der Waals surface area contributed by atoms with Crippen LogP contribution in [0.5, 0.6) is 0 Å². The van der Waals surface area contributed by atoms with Gasteiger partial charge in [-0.25, -0.2) is 0 Å². The predicted octanol–water partition coefficient (Wildman–Crippen LogP) is -0.698. The molecule has 2 aliphatic rings. The fourth-order valence-corrected chi connectivity index (χ4v) is 4.73. The van der Waals surface area contributed by atoms with Crippen LogP contribution in [0.3, 0.4) is 0 Å². The summed E-state index contributed by atoms with van der Waals surface area (Å²) in [6.45, 7) is 8.12. The molecule has 0 aromatic carbocycles. The minimum atomic E-state index is -0.917. The summed E-state index contributed by atoms with van der Waals surface area (Å²) in [5, 5.41) is 8.09. The molecule has 7 amide bonds. The number of nitrogens with one attached hydrogen (secondary N) is 3. The van der Waals surface area contributed by atoms with Crippen LogP contribution in [-0.4, -0.2) is 148 Å². The van der Waals surface area contributed by atoms with Crippen molar-refractivity contribution in [2.24, 2.45) is 0 Å². The number of hydrogen-bond donors (Lipinski definition) is 3. The van der Waals surface area contributed by atoms with E-state index in [0.29, 0.717) is 45.9 Å². The Balaban J connectivity index is 1.59. The summed E-state index contributed by atoms with van der Waals surface area (Å²) in [5.41, 5.74) is -0.524. The van der Waals surface area contributed by atoms with Gasteiger partial charge >= 0.3 is 5.97 Å². The lowest BCUT2D eigenvalue weighted by Crippen LogP contribution is -2.48. The molecule has 0 aromatic heterocycles. The van der Waals surface area contributed by atoms with E-state index in [1.807, 2.05) is 0 Å². The van der Waals surface area contributed by atoms with Crippen LogP contribution in [0.4, 0.5) is 0 Å². The zero-order valence-electron chi connectivity index (χ0n) is 30.8. The summed E-state index contributed by atoms with van der Waals surface area (Å²) in [6.07, 6.45) is 5.67. The van der Waals surface area contributed by atoms with Gasteiger partial charge in [0.15, 0.2) is 0 Å². The number of esters is 1. The van der Waals surface area contributed by atoms with Crippen LogP contribution >= 0.6 is 0 Å². The molecule has 0 fully saturated rings. The summed E-state index contributed by atoms with van der Waals surface area (Å²) in [5.74, 6) is -3.56. The topological polar surface area (TPSA) is 225 Å². The zero-order chi connectivity index (χ0) is 39.1. The van der Waals surface area contributed by atoms with Crippen molar-refractivity contribution in [1.82, 2.24) is 25.8 Å². The van der Waals surface area contributed by atoms with Gasteiger partial charge in [0.1, 0.15) is 11.6 Å². The zero-order valence-corrected chi connectivity index (χ0v) is 30.8. The summed E-state index contributed by atoms with van der Waals surface area (Å²) >= 11 is 0. The molecular weight excluding hydrogens is 698 g/mol. The van der Waals surface area contributed by atoms with E-state index in [2.05, 4.69) is 16.0 Å². The maximum absolute atomic E-state index is 13.0. The Kier molecular flexibility index (Phi) is 20.8. The minimum Gasteiger partial charge on any atom is -0.460 e. The quantitative estimate of drug-likeness (QED) is 0.0512. The Labute approximate surface area is 309 Å². The highest BCUT2D eigenvalue weighted by molar-refractivity contribution is 6.13. The molecule has 0 bridgehead atoms. The molecule has 0 radical (unpaired) electrons. The van der Waals surface area contributed by atoms with Crippen molar-refractivity contribution < 1.29 is 62.0 Å². The van der Waals surface area contributed by atoms with Gasteiger partial charge in [-0.05, 0) is 40.0 Å². The number of ether oxygens (including phenoxy) is 5. The molecule has 0 aromatic rings. The second-order valence-electron chi connectivity index (χ2n) is 12.9. The molecule has 1 atom stereocenters. The normalized spacial score (nSPS) is 14.6. The first-order valence-electron chi connectivity index (χ1n) is 17.7. The van der Waals surface area contributed by atoms with Crippen LogP contribution in [0.15, 0.2) is 24.3 Å². The van der Waals surface area contributed by atoms with Crippen molar-refractivity contribution in [3.05, 3.63) is 24.3 Å². The summed E-state index contributed by atoms with van der Waals surface area (Å²) in [7, 11) is 0. The van der Waals surface area contributed by atoms with E-state index in [1.165, 1.54) is 0 Å². The monoisotopic (exact) mass is 751 g/mol. The molecule has 0 aliphatic carbocycles. The van der Waals surface area contributed by atoms with Crippen molar-refractivity contribution in [3.63, 3.8) is 0 Å². The first-order chi connectivity index (χ1) is 25.3. The molecule has 18 nitrogen and oxygen atoms in total. The van der Waals surface area contributed by atoms with E-state index in [-0.39, 0.29) is 83.6 Å². The van der Waals surface area contributed by atoms with Gasteiger partial charge in [0.05, 0.1) is 59.3 Å². The average Bonchev–Trinajstić information content (AvgIpc) is 3.59. The third-order valence-electron chi connectivity index (χ3n) is 7.35. The largest absolute Gasteiger partial charge is 0.460 e. The number of hydrogen-bond acceptors (Lipinski definition) is 13. The van der Waals surface area contributed by atoms with Crippen LogP contribution in [0.2, 0.25) is 0 Å². The van der Waals surface area contributed by atoms with Gasteiger partial charge in [0.2, 0.25) is 17.7 Å². The second kappa shape index (κ2) is 24.7. The highest BCUT2D eigenvalue weighted by Gasteiger charge is 2.26. The highest BCUT2D eigenvalue weighted by Crippen LogP contribution is 2.09. The van der Waals surface area contributed by atoms with Crippen molar-refractivity contribution in [1.29, 1.82) is 0 Å². The SMILES string of the molecule is CC(C)(C)OC(=O)CCOCCOCCOCCOCCNC(=O)[C@H](CCCCNC(=O)CCN1C(=O)C=CC1=O)NC(=O)CCN1C(=O)C=CC1=O. The van der Waals surface area contributed by atoms with Gasteiger partial charge in [-0.3, -0.25) is 48.2 Å². The van der Waals surface area contributed by atoms with Gasteiger partial charge in [-0.2, -0.15) is 0 Å². The number of imide groups is 2. The molecule has 3 N–H and O–H groups in total. The van der Waals surface area contributed by atoms with E-state index >= 15 is 0 Å². The molecule has 296 valence electrons. The summed E-state index contributed by atoms with van der Waals surface area (Å²) in [4.78, 5) is 98.1. The third kappa shape index (κ3) is 19.8. The van der Waals surface area contributed by atoms with E-state index in [9.17, 15) is 38.4 Å². The number of nitrogens with zero attached hydrogens (tertiary/aromatic N) is 2. The first-order valence-corrected chi connectivity index (χ1v) is 17.7. The Bertz CT molecular complexity index is 1290. The second-order valence-corrected chi connectivity index (χ2v) is 12.9. The number of unbranched alkanes of at least 4 members (excludes halogenated alkanes) is 1. The molecule has 0 unspecified atom stereocenters. The van der Waals surface area contributed by atoms with Crippen LogP contribution in [-0.2, 0) is 62.0 Å². The number of rotatable bonds is 28. The van der Waals surface area contributed by atoms with E-state index in [0.717, 1.165) is 34.1 Å². The maximum Gasteiger partial charge on any atom is 0.308 e. The standard InChI is InChI=1S/C35H53N5O13/c1-35(2,3)53-33(47)13-18-49-20-22-51-24-25-52-23-21-50-19-15-37-34(48)26(38-28(42)12-17-40-31(45)9-10-32(40)46)6-4-5-14-36-27(41)11-16-39-29(43)7-8-30(39)44/h7-10,26H,4-6,11-25H2,1-3H3,(H,36,41)(H,37,48)(H,38,42)/t26-/m0/s1. The van der Waals surface area contributed by atoms with Gasteiger partial charge in [0, 0.05) is 63.3 Å². The van der Waals surface area contributed by atoms with Crippen LogP contribution in [0.25, 0.3) is 0 Å². The van der Waals surface area contributed by atoms with Crippen molar-refractivity contribution in [2.45, 2.75) is 70.9 Å². The molecule has 53 heavy (non-hydrogen) atoms. The van der Waals surface area contributed by atoms with E-state index in [1.54, 1.807) is 20.8 Å². The van der Waals surface area contributed by atoms with Gasteiger partial charge < -0.3 is 39.6 Å². The molecule has 2 aliphatic heterocycles. The number of carbonyl (C=O) groups excluding carboxylic acids is 8. The first kappa shape index (κ1) is 44.6. The van der Waals surface area contributed by atoms with Crippen LogP contribution in [0, 0.1) is 0 Å². The van der Waals surface area contributed by atoms with Crippen molar-refractivity contribution >= 4 is 47.3 Å². The molecular formula is C35H53N5O13. The minimum absolute atomic E-state index is 0.0285. The van der Waals surface area contributed by atoms with Crippen LogP contribution < -0.4 is 16.0 Å². The highest BCUT2D eigenvalue weighted by atomic mass is 16.6. The van der Waals surface area contributed by atoms with Crippen LogP contribution in [0.1, 0.15) is 59.3 Å². The van der Waals surface area contributed by atoms with Crippen molar-refractivity contribution in [3.8, 4) is 0 Å². The maximum atomic E-state index is 13.0. The Morgan fingerprint density at radius 1 is 0.604 bits per heavy atom. The van der Waals surface area contributed by atoms with Gasteiger partial charge in [0.25, 0.3) is 23.6 Å². The fourth-order valence-electron chi connectivity index (χ4n) is 4.73. The Morgan fingerprint density at radius 2 is 1.08 bits per heavy atom. The Morgan fingerprint density at radius 3 is 1.58 bits per heavy atom. The number of amides is 7. The average molecular weight is 752 g/mol. The van der Waals surface area contributed by atoms with Gasteiger partial charge in [-0.15, -0.1) is 0 Å². The predicted molar refractivity (Wildman–Crippen MR) is 186 cm³/mol. The smallest absolute Gasteiger partial charge is 0.308 e. The fraction of sp³-hybridized carbons (Fsp3) is 0.657. The lowest BCUT2D eigenvalue weighted by atomic mass is 10.1. The molecule has 2 heterocycles. The number of carbonyl (C=O) groups is 8. The Hall–Kier alpha value is -4.52. The van der Waals surface area contributed by atoms with E-state index < -0.39 is 47.1 Å². The molecule has 18 heteroatoms. The summed E-state index contributed by atoms with van der Waals surface area (Å²) in [6, 6.07) is -0.917. The lowest BCUT2D eigenvalue weighted by molar-refractivity contribution is -0.156. The van der Waals surface area contributed by atoms with E-state index in [4.69, 9.17) is 23.7 Å². The molecule has 0 saturated heterocycles. The molecule has 0 spiro atoms. The lowest BCUT2D eigenvalue weighted by Gasteiger charge is -2.20. The molecule has 2 rings (SSSR count). The third-order valence-corrected chi connectivity index (χ3v) is 7.35. The van der Waals surface area contributed by atoms with Gasteiger partial charge in [-0.1, -0.05) is 0 Å². The van der Waals surface area contributed by atoms with Crippen molar-refractivity contribution in [2.75, 3.05) is 79.0 Å². The molecule has 0 saturated carbocycles. The summed E-state index contributed by atoms with van der Waals surface area (Å²) < 4.78 is 26.9.